The number of carbonyl (C=O) groups is 1. The van der Waals surface area contributed by atoms with Crippen LogP contribution in [0.15, 0.2) is 48.5 Å². The average Bonchev–Trinajstić information content (AvgIpc) is 2.65. The molecule has 0 radical (unpaired) electrons. The fraction of sp³-hybridized carbons (Fsp3) is 0.158. The number of methoxy groups -OCH3 is 2. The molecule has 28 heavy (non-hydrogen) atoms. The van der Waals surface area contributed by atoms with E-state index in [4.69, 9.17) is 21.7 Å². The number of hydrogen-bond acceptors (Lipinski definition) is 4. The van der Waals surface area contributed by atoms with Crippen LogP contribution in [0.3, 0.4) is 0 Å². The second-order valence-corrected chi connectivity index (χ2v) is 5.88. The smallest absolute Gasteiger partial charge is 0.416 e. The largest absolute Gasteiger partial charge is 0.493 e. The number of ether oxygens (including phenoxy) is 2. The van der Waals surface area contributed by atoms with Crippen LogP contribution in [0.5, 0.6) is 11.5 Å². The summed E-state index contributed by atoms with van der Waals surface area (Å²) in [4.78, 5) is 12.0. The minimum Gasteiger partial charge on any atom is -0.493 e. The quantitative estimate of drug-likeness (QED) is 0.570. The zero-order chi connectivity index (χ0) is 20.7. The molecule has 2 aromatic rings. The third-order valence-electron chi connectivity index (χ3n) is 3.52. The first kappa shape index (κ1) is 21.2. The van der Waals surface area contributed by atoms with Crippen LogP contribution in [0.1, 0.15) is 11.1 Å². The molecule has 2 rings (SSSR count). The number of hydrogen-bond donors (Lipinski definition) is 2. The van der Waals surface area contributed by atoms with Gasteiger partial charge >= 0.3 is 6.18 Å². The Morgan fingerprint density at radius 1 is 1.07 bits per heavy atom. The topological polar surface area (TPSA) is 59.6 Å². The molecule has 0 bridgehead atoms. The Balaban J connectivity index is 1.98. The first-order valence-electron chi connectivity index (χ1n) is 7.92. The second-order valence-electron chi connectivity index (χ2n) is 5.47. The van der Waals surface area contributed by atoms with E-state index in [0.29, 0.717) is 17.1 Å². The maximum absolute atomic E-state index is 12.7. The van der Waals surface area contributed by atoms with Gasteiger partial charge in [-0.25, -0.2) is 0 Å². The normalized spacial score (nSPS) is 11.2. The first-order valence-corrected chi connectivity index (χ1v) is 8.33. The molecule has 0 aliphatic rings. The minimum atomic E-state index is -4.47. The van der Waals surface area contributed by atoms with Gasteiger partial charge in [-0.3, -0.25) is 10.1 Å². The van der Waals surface area contributed by atoms with Crippen LogP contribution in [0, 0.1) is 0 Å². The highest BCUT2D eigenvalue weighted by atomic mass is 32.1. The number of halogens is 3. The number of amides is 1. The van der Waals surface area contributed by atoms with Gasteiger partial charge < -0.3 is 14.8 Å². The molecule has 0 heterocycles. The van der Waals surface area contributed by atoms with E-state index in [9.17, 15) is 18.0 Å². The van der Waals surface area contributed by atoms with Crippen molar-refractivity contribution in [3.8, 4) is 11.5 Å². The van der Waals surface area contributed by atoms with E-state index in [-0.39, 0.29) is 10.8 Å². The summed E-state index contributed by atoms with van der Waals surface area (Å²) in [5.41, 5.74) is -0.0199. The summed E-state index contributed by atoms with van der Waals surface area (Å²) < 4.78 is 48.5. The molecule has 0 saturated carbocycles. The predicted octanol–water partition coefficient (Wildman–Crippen LogP) is 4.25. The molecule has 0 aromatic heterocycles. The van der Waals surface area contributed by atoms with Crippen molar-refractivity contribution in [2.24, 2.45) is 0 Å². The van der Waals surface area contributed by atoms with E-state index >= 15 is 0 Å². The van der Waals surface area contributed by atoms with Crippen LogP contribution in [0.4, 0.5) is 18.9 Å². The molecule has 2 aromatic carbocycles. The lowest BCUT2D eigenvalue weighted by molar-refractivity contribution is -0.137. The molecule has 5 nitrogen and oxygen atoms in total. The molecule has 0 fully saturated rings. The highest BCUT2D eigenvalue weighted by molar-refractivity contribution is 7.80. The highest BCUT2D eigenvalue weighted by Gasteiger charge is 2.30. The molecule has 2 N–H and O–H groups in total. The molecule has 1 amide bonds. The summed E-state index contributed by atoms with van der Waals surface area (Å²) >= 11 is 4.96. The van der Waals surface area contributed by atoms with Crippen LogP contribution in [0.25, 0.3) is 6.08 Å². The number of thiocarbonyl (C=S) groups is 1. The Morgan fingerprint density at radius 2 is 1.79 bits per heavy atom. The van der Waals surface area contributed by atoms with Gasteiger partial charge in [-0.15, -0.1) is 0 Å². The molecule has 0 unspecified atom stereocenters. The van der Waals surface area contributed by atoms with Crippen LogP contribution in [-0.4, -0.2) is 25.2 Å². The van der Waals surface area contributed by atoms with Gasteiger partial charge in [-0.05, 0) is 54.2 Å². The predicted molar refractivity (Wildman–Crippen MR) is 104 cm³/mol. The second kappa shape index (κ2) is 9.23. The third-order valence-corrected chi connectivity index (χ3v) is 3.72. The molecule has 0 atom stereocenters. The summed E-state index contributed by atoms with van der Waals surface area (Å²) in [6.07, 6.45) is -1.70. The molecule has 0 spiro atoms. The summed E-state index contributed by atoms with van der Waals surface area (Å²) in [6.45, 7) is 0. The lowest BCUT2D eigenvalue weighted by atomic mass is 10.2. The molecule has 9 heteroatoms. The summed E-state index contributed by atoms with van der Waals surface area (Å²) in [5, 5.41) is 4.79. The summed E-state index contributed by atoms with van der Waals surface area (Å²) in [5.74, 6) is 0.515. The van der Waals surface area contributed by atoms with E-state index in [1.807, 2.05) is 0 Å². The van der Waals surface area contributed by atoms with Crippen molar-refractivity contribution in [1.82, 2.24) is 5.32 Å². The van der Waals surface area contributed by atoms with Crippen molar-refractivity contribution in [2.45, 2.75) is 6.18 Å². The SMILES string of the molecule is COc1ccc(/C=C/C(=O)NC(=S)Nc2cccc(C(F)(F)F)c2)cc1OC. The van der Waals surface area contributed by atoms with Gasteiger partial charge in [0.1, 0.15) is 0 Å². The fourth-order valence-electron chi connectivity index (χ4n) is 2.22. The standard InChI is InChI=1S/C19H17F3N2O3S/c1-26-15-8-6-12(10-16(15)27-2)7-9-17(25)24-18(28)23-14-5-3-4-13(11-14)19(20,21)22/h3-11H,1-2H3,(H2,23,24,25,28)/b9-7+. The maximum Gasteiger partial charge on any atom is 0.416 e. The van der Waals surface area contributed by atoms with Crippen molar-refractivity contribution in [1.29, 1.82) is 0 Å². The van der Waals surface area contributed by atoms with Crippen LogP contribution >= 0.6 is 12.2 Å². The van der Waals surface area contributed by atoms with Gasteiger partial charge in [-0.1, -0.05) is 12.1 Å². The van der Waals surface area contributed by atoms with Crippen molar-refractivity contribution in [3.63, 3.8) is 0 Å². The summed E-state index contributed by atoms with van der Waals surface area (Å²) in [6, 6.07) is 9.60. The Hall–Kier alpha value is -3.07. The molecule has 0 aliphatic heterocycles. The number of rotatable bonds is 5. The van der Waals surface area contributed by atoms with Gasteiger partial charge in [0, 0.05) is 11.8 Å². The number of anilines is 1. The van der Waals surface area contributed by atoms with Gasteiger partial charge in [0.25, 0.3) is 0 Å². The van der Waals surface area contributed by atoms with Crippen molar-refractivity contribution in [3.05, 3.63) is 59.7 Å². The van der Waals surface area contributed by atoms with Gasteiger partial charge in [0.05, 0.1) is 19.8 Å². The number of nitrogens with one attached hydrogen (secondary N) is 2. The summed E-state index contributed by atoms with van der Waals surface area (Å²) in [7, 11) is 3.01. The van der Waals surface area contributed by atoms with Gasteiger partial charge in [0.15, 0.2) is 16.6 Å². The molecular formula is C19H17F3N2O3S. The van der Waals surface area contributed by atoms with Crippen molar-refractivity contribution < 1.29 is 27.4 Å². The fourth-order valence-corrected chi connectivity index (χ4v) is 2.44. The Morgan fingerprint density at radius 3 is 2.43 bits per heavy atom. The minimum absolute atomic E-state index is 0.115. The maximum atomic E-state index is 12.7. The number of alkyl halides is 3. The van der Waals surface area contributed by atoms with E-state index in [1.165, 1.54) is 38.5 Å². The Bertz CT molecular complexity index is 898. The monoisotopic (exact) mass is 410 g/mol. The van der Waals surface area contributed by atoms with Crippen molar-refractivity contribution >= 4 is 35.0 Å². The van der Waals surface area contributed by atoms with E-state index in [1.54, 1.807) is 18.2 Å². The van der Waals surface area contributed by atoms with Crippen molar-refractivity contribution in [2.75, 3.05) is 19.5 Å². The molecule has 0 saturated heterocycles. The highest BCUT2D eigenvalue weighted by Crippen LogP contribution is 2.30. The lowest BCUT2D eigenvalue weighted by Crippen LogP contribution is -2.32. The molecular weight excluding hydrogens is 393 g/mol. The Kier molecular flexibility index (Phi) is 7.00. The number of carbonyl (C=O) groups excluding carboxylic acids is 1. The number of benzene rings is 2. The van der Waals surface area contributed by atoms with E-state index in [0.717, 1.165) is 12.1 Å². The zero-order valence-electron chi connectivity index (χ0n) is 15.0. The van der Waals surface area contributed by atoms with E-state index in [2.05, 4.69) is 10.6 Å². The van der Waals surface area contributed by atoms with Crippen LogP contribution in [0.2, 0.25) is 0 Å². The zero-order valence-corrected chi connectivity index (χ0v) is 15.8. The molecule has 148 valence electrons. The third kappa shape index (κ3) is 5.98. The van der Waals surface area contributed by atoms with Gasteiger partial charge in [0.2, 0.25) is 5.91 Å². The average molecular weight is 410 g/mol. The Labute approximate surface area is 165 Å². The molecule has 0 aliphatic carbocycles. The van der Waals surface area contributed by atoms with Crippen LogP contribution < -0.4 is 20.1 Å². The first-order chi connectivity index (χ1) is 13.2. The van der Waals surface area contributed by atoms with E-state index < -0.39 is 17.6 Å². The van der Waals surface area contributed by atoms with Gasteiger partial charge in [-0.2, -0.15) is 13.2 Å². The lowest BCUT2D eigenvalue weighted by Gasteiger charge is -2.11. The van der Waals surface area contributed by atoms with Crippen LogP contribution in [-0.2, 0) is 11.0 Å².